The van der Waals surface area contributed by atoms with E-state index in [0.29, 0.717) is 24.7 Å². The molecule has 26 heavy (non-hydrogen) atoms. The topological polar surface area (TPSA) is 88.8 Å². The van der Waals surface area contributed by atoms with Gasteiger partial charge in [-0.2, -0.15) is 0 Å². The Hall–Kier alpha value is -3.26. The number of fused-ring (bicyclic) bond motifs is 1. The third kappa shape index (κ3) is 3.14. The van der Waals surface area contributed by atoms with Crippen LogP contribution in [0.5, 0.6) is 0 Å². The lowest BCUT2D eigenvalue weighted by molar-refractivity contribution is 0.102. The highest BCUT2D eigenvalue weighted by atomic mass is 16.5. The molecule has 0 atom stereocenters. The third-order valence-electron chi connectivity index (χ3n) is 4.22. The number of carbonyl (C=O) groups is 1. The van der Waals surface area contributed by atoms with E-state index in [1.54, 1.807) is 36.7 Å². The van der Waals surface area contributed by atoms with Gasteiger partial charge in [0, 0.05) is 25.5 Å². The van der Waals surface area contributed by atoms with Crippen molar-refractivity contribution in [3.8, 4) is 0 Å². The van der Waals surface area contributed by atoms with Gasteiger partial charge in [0.25, 0.3) is 11.5 Å². The van der Waals surface area contributed by atoms with Crippen molar-refractivity contribution in [2.45, 2.75) is 0 Å². The van der Waals surface area contributed by atoms with Gasteiger partial charge in [-0.15, -0.1) is 0 Å². The molecule has 3 aromatic rings. The van der Waals surface area contributed by atoms with Crippen LogP contribution in [0, 0.1) is 0 Å². The summed E-state index contributed by atoms with van der Waals surface area (Å²) in [5, 5.41) is 2.65. The molecule has 4 heterocycles. The molecule has 1 amide bonds. The molecule has 0 radical (unpaired) electrons. The van der Waals surface area contributed by atoms with Crippen LogP contribution in [0.2, 0.25) is 0 Å². The molecular weight excluding hydrogens is 334 g/mol. The van der Waals surface area contributed by atoms with Gasteiger partial charge >= 0.3 is 0 Å². The lowest BCUT2D eigenvalue weighted by Gasteiger charge is -2.28. The number of hydrogen-bond donors (Lipinski definition) is 1. The quantitative estimate of drug-likeness (QED) is 0.762. The van der Waals surface area contributed by atoms with Crippen LogP contribution in [-0.4, -0.2) is 46.6 Å². The molecule has 3 aromatic heterocycles. The molecule has 0 spiro atoms. The number of amides is 1. The minimum Gasteiger partial charge on any atom is -0.378 e. The van der Waals surface area contributed by atoms with Gasteiger partial charge in [0.15, 0.2) is 0 Å². The summed E-state index contributed by atoms with van der Waals surface area (Å²) in [5.41, 5.74) is 1.01. The number of carbonyl (C=O) groups excluding carboxylic acids is 1. The zero-order valence-electron chi connectivity index (χ0n) is 14.0. The highest BCUT2D eigenvalue weighted by Gasteiger charge is 2.15. The summed E-state index contributed by atoms with van der Waals surface area (Å²) in [6.45, 7) is 3.01. The Labute approximate surface area is 149 Å². The van der Waals surface area contributed by atoms with Gasteiger partial charge in [0.1, 0.15) is 17.0 Å². The number of aromatic nitrogens is 3. The fourth-order valence-corrected chi connectivity index (χ4v) is 2.83. The number of nitrogens with zero attached hydrogens (tertiary/aromatic N) is 4. The summed E-state index contributed by atoms with van der Waals surface area (Å²) in [5.74, 6) is -0.156. The lowest BCUT2D eigenvalue weighted by atomic mass is 10.3. The number of nitrogens with one attached hydrogen (secondary N) is 1. The molecule has 4 rings (SSSR count). The zero-order chi connectivity index (χ0) is 17.9. The third-order valence-corrected chi connectivity index (χ3v) is 4.22. The van der Waals surface area contributed by atoms with E-state index in [1.165, 1.54) is 10.6 Å². The van der Waals surface area contributed by atoms with E-state index in [0.717, 1.165) is 18.8 Å². The molecule has 1 N–H and O–H groups in total. The average molecular weight is 351 g/mol. The van der Waals surface area contributed by atoms with Crippen molar-refractivity contribution in [2.75, 3.05) is 36.5 Å². The number of anilines is 2. The molecule has 0 saturated carbocycles. The van der Waals surface area contributed by atoms with Crippen molar-refractivity contribution in [2.24, 2.45) is 0 Å². The van der Waals surface area contributed by atoms with Crippen molar-refractivity contribution >= 4 is 23.1 Å². The largest absolute Gasteiger partial charge is 0.378 e. The van der Waals surface area contributed by atoms with Gasteiger partial charge < -0.3 is 15.0 Å². The minimum absolute atomic E-state index is 0.0345. The van der Waals surface area contributed by atoms with Crippen LogP contribution >= 0.6 is 0 Å². The molecule has 0 aromatic carbocycles. The Morgan fingerprint density at radius 2 is 1.92 bits per heavy atom. The second kappa shape index (κ2) is 6.93. The molecule has 1 saturated heterocycles. The zero-order valence-corrected chi connectivity index (χ0v) is 14.0. The van der Waals surface area contributed by atoms with Gasteiger partial charge in [0.2, 0.25) is 0 Å². The number of morpholine rings is 1. The van der Waals surface area contributed by atoms with Crippen molar-refractivity contribution in [3.63, 3.8) is 0 Å². The average Bonchev–Trinajstić information content (AvgIpc) is 2.69. The molecular formula is C18H17N5O3. The van der Waals surface area contributed by atoms with Crippen LogP contribution in [-0.2, 0) is 4.74 Å². The SMILES string of the molecule is O=C(Nc1ccc(N2CCOCC2)cn1)c1cnc2ccccn2c1=O. The van der Waals surface area contributed by atoms with Gasteiger partial charge in [-0.3, -0.25) is 14.0 Å². The number of hydrogen-bond acceptors (Lipinski definition) is 6. The number of rotatable bonds is 3. The molecule has 8 nitrogen and oxygen atoms in total. The monoisotopic (exact) mass is 351 g/mol. The van der Waals surface area contributed by atoms with E-state index >= 15 is 0 Å². The summed E-state index contributed by atoms with van der Waals surface area (Å²) in [6.07, 6.45) is 4.57. The van der Waals surface area contributed by atoms with E-state index in [1.807, 2.05) is 6.07 Å². The smallest absolute Gasteiger partial charge is 0.270 e. The van der Waals surface area contributed by atoms with Crippen LogP contribution in [0.15, 0.2) is 53.7 Å². The van der Waals surface area contributed by atoms with Crippen LogP contribution in [0.25, 0.3) is 5.65 Å². The Balaban J connectivity index is 1.53. The van der Waals surface area contributed by atoms with E-state index in [-0.39, 0.29) is 5.56 Å². The van der Waals surface area contributed by atoms with Gasteiger partial charge in [0.05, 0.1) is 25.1 Å². The molecule has 8 heteroatoms. The first-order valence-corrected chi connectivity index (χ1v) is 8.29. The maximum Gasteiger partial charge on any atom is 0.270 e. The minimum atomic E-state index is -0.535. The molecule has 1 fully saturated rings. The van der Waals surface area contributed by atoms with E-state index in [2.05, 4.69) is 20.2 Å². The molecule has 0 bridgehead atoms. The maximum absolute atomic E-state index is 12.4. The predicted octanol–water partition coefficient (Wildman–Crippen LogP) is 1.18. The first-order chi connectivity index (χ1) is 12.7. The van der Waals surface area contributed by atoms with E-state index in [4.69, 9.17) is 4.74 Å². The normalized spacial score (nSPS) is 14.4. The van der Waals surface area contributed by atoms with Crippen LogP contribution in [0.4, 0.5) is 11.5 Å². The summed E-state index contributed by atoms with van der Waals surface area (Å²) in [4.78, 5) is 35.5. The van der Waals surface area contributed by atoms with Gasteiger partial charge in [-0.05, 0) is 24.3 Å². The van der Waals surface area contributed by atoms with Gasteiger partial charge in [-0.1, -0.05) is 6.07 Å². The van der Waals surface area contributed by atoms with Gasteiger partial charge in [-0.25, -0.2) is 9.97 Å². The summed E-state index contributed by atoms with van der Waals surface area (Å²) < 4.78 is 6.67. The van der Waals surface area contributed by atoms with E-state index in [9.17, 15) is 9.59 Å². The van der Waals surface area contributed by atoms with Crippen LogP contribution in [0.3, 0.4) is 0 Å². The Bertz CT molecular complexity index is 994. The Morgan fingerprint density at radius 3 is 2.69 bits per heavy atom. The molecule has 1 aliphatic heterocycles. The fraction of sp³-hybridized carbons (Fsp3) is 0.222. The van der Waals surface area contributed by atoms with E-state index < -0.39 is 11.5 Å². The molecule has 0 aliphatic carbocycles. The van der Waals surface area contributed by atoms with Crippen molar-refractivity contribution in [1.29, 1.82) is 0 Å². The molecule has 132 valence electrons. The summed E-state index contributed by atoms with van der Waals surface area (Å²) in [6, 6.07) is 8.80. The number of ether oxygens (including phenoxy) is 1. The van der Waals surface area contributed by atoms with Crippen molar-refractivity contribution < 1.29 is 9.53 Å². The first kappa shape index (κ1) is 16.2. The highest BCUT2D eigenvalue weighted by Crippen LogP contribution is 2.16. The highest BCUT2D eigenvalue weighted by molar-refractivity contribution is 6.03. The second-order valence-electron chi connectivity index (χ2n) is 5.86. The maximum atomic E-state index is 12.4. The molecule has 0 unspecified atom stereocenters. The standard InChI is InChI=1S/C18H17N5O3/c24-17(14-12-20-16-3-1-2-6-23(16)18(14)25)21-15-5-4-13(11-19-15)22-7-9-26-10-8-22/h1-6,11-12H,7-10H2,(H,19,21,24). The van der Waals surface area contributed by atoms with Crippen LogP contribution < -0.4 is 15.8 Å². The van der Waals surface area contributed by atoms with Crippen LogP contribution in [0.1, 0.15) is 10.4 Å². The lowest BCUT2D eigenvalue weighted by Crippen LogP contribution is -2.36. The predicted molar refractivity (Wildman–Crippen MR) is 96.7 cm³/mol. The summed E-state index contributed by atoms with van der Waals surface area (Å²) >= 11 is 0. The van der Waals surface area contributed by atoms with Crippen molar-refractivity contribution in [1.82, 2.24) is 14.4 Å². The summed E-state index contributed by atoms with van der Waals surface area (Å²) in [7, 11) is 0. The fourth-order valence-electron chi connectivity index (χ4n) is 2.83. The molecule has 1 aliphatic rings. The first-order valence-electron chi connectivity index (χ1n) is 8.29. The Kier molecular flexibility index (Phi) is 4.32. The Morgan fingerprint density at radius 1 is 1.08 bits per heavy atom. The number of pyridine rings is 2. The second-order valence-corrected chi connectivity index (χ2v) is 5.86. The van der Waals surface area contributed by atoms with Crippen molar-refractivity contribution in [3.05, 3.63) is 64.8 Å².